The van der Waals surface area contributed by atoms with Crippen LogP contribution < -0.4 is 0 Å². The second-order valence-electron chi connectivity index (χ2n) is 2.27. The van der Waals surface area contributed by atoms with Crippen molar-refractivity contribution in [3.8, 4) is 0 Å². The Kier molecular flexibility index (Phi) is 2.87. The van der Waals surface area contributed by atoms with Crippen molar-refractivity contribution in [3.63, 3.8) is 0 Å². The molecule has 0 unspecified atom stereocenters. The lowest BCUT2D eigenvalue weighted by atomic mass is 9.97. The minimum absolute atomic E-state index is 0.951. The zero-order valence-corrected chi connectivity index (χ0v) is 7.39. The summed E-state index contributed by atoms with van der Waals surface area (Å²) in [6.45, 7) is 3.60. The minimum atomic E-state index is 0.951. The molecule has 0 saturated heterocycles. The highest BCUT2D eigenvalue weighted by atomic mass is 79.9. The van der Waals surface area contributed by atoms with Gasteiger partial charge in [0, 0.05) is 16.4 Å². The second kappa shape index (κ2) is 3.71. The van der Waals surface area contributed by atoms with Crippen molar-refractivity contribution in [2.24, 2.45) is 4.99 Å². The Morgan fingerprint density at radius 1 is 1.60 bits per heavy atom. The van der Waals surface area contributed by atoms with Crippen LogP contribution >= 0.6 is 15.9 Å². The van der Waals surface area contributed by atoms with Crippen LogP contribution in [0.4, 0.5) is 0 Å². The van der Waals surface area contributed by atoms with Gasteiger partial charge in [-0.2, -0.15) is 0 Å². The lowest BCUT2D eigenvalue weighted by Gasteiger charge is -2.12. The van der Waals surface area contributed by atoms with Crippen molar-refractivity contribution in [1.82, 2.24) is 0 Å². The van der Waals surface area contributed by atoms with Crippen LogP contribution in [0, 0.1) is 0 Å². The Hall–Kier alpha value is -0.370. The summed E-state index contributed by atoms with van der Waals surface area (Å²) in [7, 11) is 0. The molecule has 1 saturated carbocycles. The van der Waals surface area contributed by atoms with E-state index in [9.17, 15) is 0 Å². The molecule has 0 spiro atoms. The van der Waals surface area contributed by atoms with E-state index in [2.05, 4.69) is 27.5 Å². The zero-order chi connectivity index (χ0) is 7.40. The first-order chi connectivity index (χ1) is 4.83. The summed E-state index contributed by atoms with van der Waals surface area (Å²) in [6, 6.07) is 0. The SMILES string of the molecule is C=C/C(Br)=C\N=C1CCC1. The Labute approximate surface area is 69.7 Å². The molecule has 54 valence electrons. The fourth-order valence-corrected chi connectivity index (χ4v) is 0.772. The van der Waals surface area contributed by atoms with Crippen LogP contribution in [-0.2, 0) is 0 Å². The molecule has 0 heterocycles. The third-order valence-electron chi connectivity index (χ3n) is 1.50. The maximum atomic E-state index is 4.24. The van der Waals surface area contributed by atoms with E-state index in [1.165, 1.54) is 25.0 Å². The summed E-state index contributed by atoms with van der Waals surface area (Å²) in [5.74, 6) is 0. The van der Waals surface area contributed by atoms with Gasteiger partial charge in [-0.05, 0) is 35.2 Å². The van der Waals surface area contributed by atoms with Crippen molar-refractivity contribution in [2.45, 2.75) is 19.3 Å². The summed E-state index contributed by atoms with van der Waals surface area (Å²) in [5, 5.41) is 0. The van der Waals surface area contributed by atoms with Crippen LogP contribution in [-0.4, -0.2) is 5.71 Å². The van der Waals surface area contributed by atoms with Gasteiger partial charge in [0.15, 0.2) is 0 Å². The molecule has 1 aliphatic carbocycles. The van der Waals surface area contributed by atoms with E-state index < -0.39 is 0 Å². The maximum absolute atomic E-state index is 4.24. The molecule has 1 nitrogen and oxygen atoms in total. The van der Waals surface area contributed by atoms with Gasteiger partial charge in [0.25, 0.3) is 0 Å². The first kappa shape index (κ1) is 7.73. The molecule has 0 bridgehead atoms. The Balaban J connectivity index is 2.44. The highest BCUT2D eigenvalue weighted by molar-refractivity contribution is 9.11. The normalized spacial score (nSPS) is 18.1. The molecular formula is C8H10BrN. The van der Waals surface area contributed by atoms with E-state index in [1.54, 1.807) is 6.08 Å². The van der Waals surface area contributed by atoms with Gasteiger partial charge in [0.2, 0.25) is 0 Å². The van der Waals surface area contributed by atoms with E-state index in [0.717, 1.165) is 4.48 Å². The van der Waals surface area contributed by atoms with Crippen LogP contribution in [0.3, 0.4) is 0 Å². The fraction of sp³-hybridized carbons (Fsp3) is 0.375. The van der Waals surface area contributed by atoms with Crippen molar-refractivity contribution in [3.05, 3.63) is 23.3 Å². The lowest BCUT2D eigenvalue weighted by molar-refractivity contribution is 0.802. The third-order valence-corrected chi connectivity index (χ3v) is 2.02. The molecule has 0 aliphatic heterocycles. The van der Waals surface area contributed by atoms with E-state index >= 15 is 0 Å². The lowest BCUT2D eigenvalue weighted by Crippen LogP contribution is -2.08. The highest BCUT2D eigenvalue weighted by Crippen LogP contribution is 2.15. The second-order valence-corrected chi connectivity index (χ2v) is 3.18. The van der Waals surface area contributed by atoms with Crippen LogP contribution in [0.5, 0.6) is 0 Å². The summed E-state index contributed by atoms with van der Waals surface area (Å²) >= 11 is 3.29. The topological polar surface area (TPSA) is 12.4 Å². The number of halogens is 1. The number of hydrogen-bond donors (Lipinski definition) is 0. The first-order valence-electron chi connectivity index (χ1n) is 3.36. The number of hydrogen-bond acceptors (Lipinski definition) is 1. The quantitative estimate of drug-likeness (QED) is 0.607. The van der Waals surface area contributed by atoms with Gasteiger partial charge in [-0.3, -0.25) is 4.99 Å². The van der Waals surface area contributed by atoms with E-state index in [4.69, 9.17) is 0 Å². The molecule has 1 rings (SSSR count). The van der Waals surface area contributed by atoms with Crippen molar-refractivity contribution in [2.75, 3.05) is 0 Å². The summed E-state index contributed by atoms with van der Waals surface area (Å²) < 4.78 is 0.951. The molecular weight excluding hydrogens is 190 g/mol. The molecule has 0 atom stereocenters. The van der Waals surface area contributed by atoms with Gasteiger partial charge in [-0.1, -0.05) is 12.7 Å². The molecule has 1 aliphatic rings. The van der Waals surface area contributed by atoms with Crippen molar-refractivity contribution >= 4 is 21.6 Å². The molecule has 0 aromatic rings. The molecule has 10 heavy (non-hydrogen) atoms. The number of nitrogens with zero attached hydrogens (tertiary/aromatic N) is 1. The Morgan fingerprint density at radius 3 is 2.70 bits per heavy atom. The first-order valence-corrected chi connectivity index (χ1v) is 4.16. The number of rotatable bonds is 2. The standard InChI is InChI=1S/C8H10BrN/c1-2-7(9)6-10-8-4-3-5-8/h2,6H,1,3-5H2/b7-6+. The van der Waals surface area contributed by atoms with Crippen LogP contribution in [0.1, 0.15) is 19.3 Å². The highest BCUT2D eigenvalue weighted by Gasteiger charge is 2.07. The number of allylic oxidation sites excluding steroid dienone is 2. The van der Waals surface area contributed by atoms with Gasteiger partial charge in [0.1, 0.15) is 0 Å². The number of aliphatic imine (C=N–C) groups is 1. The molecule has 1 fully saturated rings. The monoisotopic (exact) mass is 199 g/mol. The Morgan fingerprint density at radius 2 is 2.30 bits per heavy atom. The van der Waals surface area contributed by atoms with Crippen molar-refractivity contribution in [1.29, 1.82) is 0 Å². The van der Waals surface area contributed by atoms with Crippen molar-refractivity contribution < 1.29 is 0 Å². The van der Waals surface area contributed by atoms with Gasteiger partial charge >= 0.3 is 0 Å². The smallest absolute Gasteiger partial charge is 0.0409 e. The predicted molar refractivity (Wildman–Crippen MR) is 48.5 cm³/mol. The average Bonchev–Trinajstić information content (AvgIpc) is 1.84. The fourth-order valence-electron chi connectivity index (χ4n) is 0.670. The van der Waals surface area contributed by atoms with Gasteiger partial charge in [0.05, 0.1) is 0 Å². The Bertz CT molecular complexity index is 185. The van der Waals surface area contributed by atoms with E-state index in [0.29, 0.717) is 0 Å². The predicted octanol–water partition coefficient (Wildman–Crippen LogP) is 3.03. The van der Waals surface area contributed by atoms with Crippen LogP contribution in [0.25, 0.3) is 0 Å². The summed E-state index contributed by atoms with van der Waals surface area (Å²) in [6.07, 6.45) is 7.20. The molecule has 0 aromatic heterocycles. The minimum Gasteiger partial charge on any atom is -0.265 e. The average molecular weight is 200 g/mol. The van der Waals surface area contributed by atoms with E-state index in [1.807, 2.05) is 6.20 Å². The third kappa shape index (κ3) is 2.10. The largest absolute Gasteiger partial charge is 0.265 e. The molecule has 0 N–H and O–H groups in total. The van der Waals surface area contributed by atoms with Crippen LogP contribution in [0.15, 0.2) is 28.3 Å². The summed E-state index contributed by atoms with van der Waals surface area (Å²) in [4.78, 5) is 4.24. The van der Waals surface area contributed by atoms with Crippen LogP contribution in [0.2, 0.25) is 0 Å². The van der Waals surface area contributed by atoms with E-state index in [-0.39, 0.29) is 0 Å². The molecule has 0 radical (unpaired) electrons. The summed E-state index contributed by atoms with van der Waals surface area (Å²) in [5.41, 5.74) is 1.30. The zero-order valence-electron chi connectivity index (χ0n) is 5.81. The molecule has 2 heteroatoms. The van der Waals surface area contributed by atoms with Gasteiger partial charge < -0.3 is 0 Å². The maximum Gasteiger partial charge on any atom is 0.0409 e. The molecule has 0 aromatic carbocycles. The van der Waals surface area contributed by atoms with Gasteiger partial charge in [-0.15, -0.1) is 0 Å². The van der Waals surface area contributed by atoms with Gasteiger partial charge in [-0.25, -0.2) is 0 Å². The molecule has 0 amide bonds.